The van der Waals surface area contributed by atoms with Crippen molar-refractivity contribution < 1.29 is 14.4 Å². The number of carbonyl (C=O) groups excluding carboxylic acids is 3. The summed E-state index contributed by atoms with van der Waals surface area (Å²) < 4.78 is 0. The fraction of sp³-hybridized carbons (Fsp3) is 0.263. The zero-order chi connectivity index (χ0) is 19.2. The first kappa shape index (κ1) is 18.4. The quantitative estimate of drug-likeness (QED) is 0.720. The van der Waals surface area contributed by atoms with Crippen LogP contribution < -0.4 is 16.4 Å². The van der Waals surface area contributed by atoms with Gasteiger partial charge in [0.1, 0.15) is 5.69 Å². The van der Waals surface area contributed by atoms with Crippen molar-refractivity contribution in [1.82, 2.24) is 15.2 Å². The van der Waals surface area contributed by atoms with E-state index in [1.165, 1.54) is 12.3 Å². The van der Waals surface area contributed by atoms with E-state index in [1.54, 1.807) is 11.0 Å². The number of amides is 4. The first-order chi connectivity index (χ1) is 13.0. The molecule has 1 aromatic heterocycles. The van der Waals surface area contributed by atoms with Gasteiger partial charge in [0.15, 0.2) is 0 Å². The van der Waals surface area contributed by atoms with Crippen LogP contribution in [0.5, 0.6) is 0 Å². The summed E-state index contributed by atoms with van der Waals surface area (Å²) in [6.45, 7) is 1.11. The maximum atomic E-state index is 12.4. The number of nitrogens with two attached hydrogens (primary N) is 1. The Morgan fingerprint density at radius 3 is 2.56 bits per heavy atom. The van der Waals surface area contributed by atoms with E-state index in [-0.39, 0.29) is 17.6 Å². The Morgan fingerprint density at radius 1 is 1.19 bits per heavy atom. The van der Waals surface area contributed by atoms with Gasteiger partial charge in [-0.15, -0.1) is 0 Å². The second-order valence-corrected chi connectivity index (χ2v) is 6.30. The molecular formula is C19H21N5O3. The van der Waals surface area contributed by atoms with Crippen molar-refractivity contribution in [3.05, 3.63) is 59.9 Å². The van der Waals surface area contributed by atoms with E-state index in [2.05, 4.69) is 15.6 Å². The number of carbonyl (C=O) groups is 3. The summed E-state index contributed by atoms with van der Waals surface area (Å²) in [4.78, 5) is 41.1. The number of likely N-dealkylation sites (tertiary alicyclic amines) is 1. The van der Waals surface area contributed by atoms with E-state index in [4.69, 9.17) is 5.73 Å². The van der Waals surface area contributed by atoms with Gasteiger partial charge in [-0.1, -0.05) is 30.3 Å². The van der Waals surface area contributed by atoms with Crippen molar-refractivity contribution in [2.75, 3.05) is 18.4 Å². The number of urea groups is 1. The van der Waals surface area contributed by atoms with Crippen molar-refractivity contribution in [3.63, 3.8) is 0 Å². The number of primary amides is 1. The summed E-state index contributed by atoms with van der Waals surface area (Å²) >= 11 is 0. The average Bonchev–Trinajstić information content (AvgIpc) is 3.07. The van der Waals surface area contributed by atoms with E-state index in [0.717, 1.165) is 12.0 Å². The zero-order valence-corrected chi connectivity index (χ0v) is 14.7. The molecule has 4 amide bonds. The molecule has 2 aromatic rings. The van der Waals surface area contributed by atoms with Crippen molar-refractivity contribution in [1.29, 1.82) is 0 Å². The highest BCUT2D eigenvalue weighted by Gasteiger charge is 2.25. The van der Waals surface area contributed by atoms with Crippen LogP contribution in [0.4, 0.5) is 10.5 Å². The minimum absolute atomic E-state index is 0.101. The molecule has 0 spiro atoms. The van der Waals surface area contributed by atoms with E-state index < -0.39 is 11.9 Å². The van der Waals surface area contributed by atoms with Crippen LogP contribution in [-0.2, 0) is 4.79 Å². The molecule has 8 heteroatoms. The Morgan fingerprint density at radius 2 is 1.96 bits per heavy atom. The average molecular weight is 367 g/mol. The highest BCUT2D eigenvalue weighted by atomic mass is 16.2. The van der Waals surface area contributed by atoms with Gasteiger partial charge in [0.05, 0.1) is 17.9 Å². The van der Waals surface area contributed by atoms with Crippen molar-refractivity contribution in [3.8, 4) is 0 Å². The van der Waals surface area contributed by atoms with Gasteiger partial charge >= 0.3 is 6.03 Å². The lowest BCUT2D eigenvalue weighted by Gasteiger charge is -2.25. The molecule has 140 valence electrons. The summed E-state index contributed by atoms with van der Waals surface area (Å²) in [6.07, 6.45) is 2.75. The van der Waals surface area contributed by atoms with Gasteiger partial charge in [-0.05, 0) is 24.1 Å². The van der Waals surface area contributed by atoms with Crippen LogP contribution in [-0.4, -0.2) is 40.8 Å². The molecule has 1 unspecified atom stereocenters. The Bertz CT molecular complexity index is 823. The smallest absolute Gasteiger partial charge is 0.319 e. The molecule has 0 radical (unpaired) electrons. The molecule has 1 aliphatic heterocycles. The first-order valence-corrected chi connectivity index (χ1v) is 8.69. The predicted octanol–water partition coefficient (Wildman–Crippen LogP) is 1.67. The highest BCUT2D eigenvalue weighted by Crippen LogP contribution is 2.19. The number of aromatic nitrogens is 1. The number of rotatable bonds is 6. The van der Waals surface area contributed by atoms with Crippen molar-refractivity contribution in [2.24, 2.45) is 5.73 Å². The molecule has 3 rings (SSSR count). The molecule has 2 heterocycles. The number of nitrogens with one attached hydrogen (secondary N) is 2. The maximum absolute atomic E-state index is 12.4. The number of pyridine rings is 1. The summed E-state index contributed by atoms with van der Waals surface area (Å²) in [5, 5.41) is 5.58. The lowest BCUT2D eigenvalue weighted by molar-refractivity contribution is -0.128. The highest BCUT2D eigenvalue weighted by molar-refractivity contribution is 5.92. The third kappa shape index (κ3) is 4.81. The summed E-state index contributed by atoms with van der Waals surface area (Å²) in [7, 11) is 0. The van der Waals surface area contributed by atoms with Gasteiger partial charge in [-0.2, -0.15) is 0 Å². The second kappa shape index (κ2) is 8.31. The zero-order valence-electron chi connectivity index (χ0n) is 14.7. The molecule has 1 aromatic carbocycles. The molecular weight excluding hydrogens is 346 g/mol. The van der Waals surface area contributed by atoms with Gasteiger partial charge in [0.25, 0.3) is 5.91 Å². The number of benzene rings is 1. The topological polar surface area (TPSA) is 117 Å². The molecule has 8 nitrogen and oxygen atoms in total. The molecule has 1 saturated heterocycles. The Kier molecular flexibility index (Phi) is 5.65. The summed E-state index contributed by atoms with van der Waals surface area (Å²) in [5.41, 5.74) is 6.62. The minimum Gasteiger partial charge on any atom is -0.364 e. The third-order valence-electron chi connectivity index (χ3n) is 4.36. The monoisotopic (exact) mass is 367 g/mol. The van der Waals surface area contributed by atoms with Crippen LogP contribution in [0.25, 0.3) is 0 Å². The molecule has 0 saturated carbocycles. The fourth-order valence-electron chi connectivity index (χ4n) is 2.98. The summed E-state index contributed by atoms with van der Waals surface area (Å²) in [6, 6.07) is 11.7. The largest absolute Gasteiger partial charge is 0.364 e. The van der Waals surface area contributed by atoms with E-state index >= 15 is 0 Å². The Labute approximate surface area is 156 Å². The Hall–Kier alpha value is -3.42. The first-order valence-electron chi connectivity index (χ1n) is 8.69. The minimum atomic E-state index is -0.634. The van der Waals surface area contributed by atoms with E-state index in [0.29, 0.717) is 25.2 Å². The van der Waals surface area contributed by atoms with Gasteiger partial charge in [0.2, 0.25) is 5.91 Å². The van der Waals surface area contributed by atoms with E-state index in [9.17, 15) is 14.4 Å². The number of anilines is 1. The molecule has 27 heavy (non-hydrogen) atoms. The van der Waals surface area contributed by atoms with Gasteiger partial charge in [-0.3, -0.25) is 9.59 Å². The van der Waals surface area contributed by atoms with Crippen LogP contribution in [0.2, 0.25) is 0 Å². The van der Waals surface area contributed by atoms with Crippen LogP contribution in [0.3, 0.4) is 0 Å². The number of nitrogens with zero attached hydrogens (tertiary/aromatic N) is 2. The van der Waals surface area contributed by atoms with Gasteiger partial charge in [0, 0.05) is 19.5 Å². The van der Waals surface area contributed by atoms with E-state index in [1.807, 2.05) is 30.3 Å². The SMILES string of the molecule is NC(=O)c1ccc(NC(=O)NC(CN2CCCC2=O)c2ccccc2)cn1. The van der Waals surface area contributed by atoms with Gasteiger partial charge in [-0.25, -0.2) is 9.78 Å². The maximum Gasteiger partial charge on any atom is 0.319 e. The number of hydrogen-bond donors (Lipinski definition) is 3. The normalized spacial score (nSPS) is 14.7. The Balaban J connectivity index is 1.68. The molecule has 1 fully saturated rings. The lowest BCUT2D eigenvalue weighted by Crippen LogP contribution is -2.40. The van der Waals surface area contributed by atoms with Gasteiger partial charge < -0.3 is 21.3 Å². The molecule has 1 aliphatic rings. The lowest BCUT2D eigenvalue weighted by atomic mass is 10.1. The molecule has 4 N–H and O–H groups in total. The third-order valence-corrected chi connectivity index (χ3v) is 4.36. The van der Waals surface area contributed by atoms with Crippen molar-refractivity contribution in [2.45, 2.75) is 18.9 Å². The van der Waals surface area contributed by atoms with Crippen LogP contribution >= 0.6 is 0 Å². The predicted molar refractivity (Wildman–Crippen MR) is 99.9 cm³/mol. The molecule has 1 atom stereocenters. The van der Waals surface area contributed by atoms with Crippen molar-refractivity contribution >= 4 is 23.5 Å². The molecule has 0 aliphatic carbocycles. The second-order valence-electron chi connectivity index (χ2n) is 6.30. The van der Waals surface area contributed by atoms with Crippen LogP contribution in [0.15, 0.2) is 48.7 Å². The van der Waals surface area contributed by atoms with Crippen LogP contribution in [0, 0.1) is 0 Å². The molecule has 0 bridgehead atoms. The van der Waals surface area contributed by atoms with Crippen LogP contribution in [0.1, 0.15) is 34.9 Å². The standard InChI is InChI=1S/C19H21N5O3/c20-18(26)15-9-8-14(11-21-15)22-19(27)23-16(13-5-2-1-3-6-13)12-24-10-4-7-17(24)25/h1-3,5-6,8-9,11,16H,4,7,10,12H2,(H2,20,26)(H2,22,23,27). The summed E-state index contributed by atoms with van der Waals surface area (Å²) in [5.74, 6) is -0.533. The number of hydrogen-bond acceptors (Lipinski definition) is 4. The fourth-order valence-corrected chi connectivity index (χ4v) is 2.98.